The molecule has 9 heteroatoms. The largest absolute Gasteiger partial charge is 2.00 e. The molecule has 0 saturated carbocycles. The fourth-order valence-electron chi connectivity index (χ4n) is 2.98. The first-order valence-electron chi connectivity index (χ1n) is 10.5. The van der Waals surface area contributed by atoms with Crippen LogP contribution in [0, 0.1) is 0 Å². The first kappa shape index (κ1) is 29.6. The van der Waals surface area contributed by atoms with Gasteiger partial charge in [-0.1, -0.05) is 72.8 Å². The van der Waals surface area contributed by atoms with Crippen molar-refractivity contribution in [3.05, 3.63) is 131 Å². The van der Waals surface area contributed by atoms with Crippen molar-refractivity contribution >= 4 is 72.8 Å². The zero-order valence-electron chi connectivity index (χ0n) is 19.4. The second-order valence-corrected chi connectivity index (χ2v) is 7.07. The molecule has 180 valence electrons. The molecule has 0 aliphatic carbocycles. The molecule has 0 unspecified atom stereocenters. The molecule has 0 saturated heterocycles. The molecule has 0 bridgehead atoms. The Bertz CT molecular complexity index is 1260. The zero-order chi connectivity index (χ0) is 25.9. The molecular formula is C28H18BaO8. The van der Waals surface area contributed by atoms with Crippen molar-refractivity contribution in [3.63, 3.8) is 0 Å². The SMILES string of the molecule is O=C([O-])c1ccccc1C(=O)Oc1ccccc1.O=C([O-])c1ccccc1C(=O)Oc1ccccc1.[Ba+2]. The normalized spacial score (nSPS) is 9.51. The Morgan fingerprint density at radius 1 is 0.432 bits per heavy atom. The van der Waals surface area contributed by atoms with Gasteiger partial charge in [0, 0.05) is 11.1 Å². The Morgan fingerprint density at radius 3 is 1.00 bits per heavy atom. The van der Waals surface area contributed by atoms with E-state index in [4.69, 9.17) is 9.47 Å². The fourth-order valence-corrected chi connectivity index (χ4v) is 2.98. The van der Waals surface area contributed by atoms with Crippen LogP contribution in [0.3, 0.4) is 0 Å². The summed E-state index contributed by atoms with van der Waals surface area (Å²) in [5.74, 6) is -3.54. The Morgan fingerprint density at radius 2 is 0.703 bits per heavy atom. The minimum atomic E-state index is -1.41. The molecule has 0 heterocycles. The van der Waals surface area contributed by atoms with E-state index in [1.165, 1.54) is 36.4 Å². The van der Waals surface area contributed by atoms with Crippen molar-refractivity contribution < 1.29 is 38.9 Å². The van der Waals surface area contributed by atoms with E-state index in [9.17, 15) is 29.4 Å². The summed E-state index contributed by atoms with van der Waals surface area (Å²) >= 11 is 0. The van der Waals surface area contributed by atoms with E-state index in [1.54, 1.807) is 72.8 Å². The summed E-state index contributed by atoms with van der Waals surface area (Å²) in [6.07, 6.45) is 0. The number of aromatic carboxylic acids is 2. The molecule has 0 N–H and O–H groups in total. The number of para-hydroxylation sites is 2. The van der Waals surface area contributed by atoms with Gasteiger partial charge >= 0.3 is 60.8 Å². The van der Waals surface area contributed by atoms with Gasteiger partial charge in [-0.2, -0.15) is 0 Å². The zero-order valence-corrected chi connectivity index (χ0v) is 23.8. The van der Waals surface area contributed by atoms with Crippen LogP contribution in [0.15, 0.2) is 109 Å². The third kappa shape index (κ3) is 8.74. The maximum atomic E-state index is 11.8. The van der Waals surface area contributed by atoms with Crippen LogP contribution in [-0.4, -0.2) is 72.8 Å². The van der Waals surface area contributed by atoms with Crippen LogP contribution in [0.2, 0.25) is 0 Å². The summed E-state index contributed by atoms with van der Waals surface area (Å²) in [6, 6.07) is 28.4. The molecule has 0 fully saturated rings. The molecule has 0 aliphatic rings. The molecule has 4 aromatic carbocycles. The van der Waals surface area contributed by atoms with Crippen LogP contribution in [0.25, 0.3) is 0 Å². The van der Waals surface area contributed by atoms with E-state index in [1.807, 2.05) is 0 Å². The summed E-state index contributed by atoms with van der Waals surface area (Å²) in [7, 11) is 0. The second kappa shape index (κ2) is 14.8. The molecule has 0 spiro atoms. The number of carboxylic acids is 2. The molecule has 4 rings (SSSR count). The van der Waals surface area contributed by atoms with Gasteiger partial charge in [0.15, 0.2) is 0 Å². The predicted molar refractivity (Wildman–Crippen MR) is 130 cm³/mol. The van der Waals surface area contributed by atoms with Gasteiger partial charge in [-0.15, -0.1) is 0 Å². The van der Waals surface area contributed by atoms with Crippen molar-refractivity contribution in [1.82, 2.24) is 0 Å². The van der Waals surface area contributed by atoms with Crippen LogP contribution in [0.5, 0.6) is 11.5 Å². The van der Waals surface area contributed by atoms with Gasteiger partial charge in [0.25, 0.3) is 0 Å². The number of hydrogen-bond donors (Lipinski definition) is 0. The Labute approximate surface area is 252 Å². The third-order valence-electron chi connectivity index (χ3n) is 4.64. The van der Waals surface area contributed by atoms with Crippen molar-refractivity contribution in [2.45, 2.75) is 0 Å². The van der Waals surface area contributed by atoms with Crippen LogP contribution in [0.1, 0.15) is 41.4 Å². The maximum absolute atomic E-state index is 11.8. The quantitative estimate of drug-likeness (QED) is 0.182. The van der Waals surface area contributed by atoms with E-state index in [2.05, 4.69) is 0 Å². The molecule has 37 heavy (non-hydrogen) atoms. The summed E-state index contributed by atoms with van der Waals surface area (Å²) in [6.45, 7) is 0. The van der Waals surface area contributed by atoms with Crippen molar-refractivity contribution in [2.75, 3.05) is 0 Å². The fraction of sp³-hybridized carbons (Fsp3) is 0. The second-order valence-electron chi connectivity index (χ2n) is 7.07. The van der Waals surface area contributed by atoms with Crippen molar-refractivity contribution in [1.29, 1.82) is 0 Å². The van der Waals surface area contributed by atoms with Gasteiger partial charge in [-0.25, -0.2) is 9.59 Å². The van der Waals surface area contributed by atoms with Crippen LogP contribution in [0.4, 0.5) is 0 Å². The number of rotatable bonds is 6. The number of esters is 2. The number of carbonyl (C=O) groups excluding carboxylic acids is 4. The first-order valence-corrected chi connectivity index (χ1v) is 10.5. The Hall–Kier alpha value is -3.67. The standard InChI is InChI=1S/2C14H10O4.Ba/c2*15-13(16)11-8-4-5-9-12(11)14(17)18-10-6-2-1-3-7-10;/h2*1-9H,(H,15,16);/q;;+2/p-2. The number of ether oxygens (including phenoxy) is 2. The average Bonchev–Trinajstić information content (AvgIpc) is 2.90. The number of hydrogen-bond acceptors (Lipinski definition) is 8. The molecule has 0 amide bonds. The minimum Gasteiger partial charge on any atom is -0.545 e. The number of benzene rings is 4. The van der Waals surface area contributed by atoms with Crippen LogP contribution in [-0.2, 0) is 0 Å². The van der Waals surface area contributed by atoms with Gasteiger partial charge in [-0.3, -0.25) is 0 Å². The molecule has 0 aliphatic heterocycles. The monoisotopic (exact) mass is 620 g/mol. The summed E-state index contributed by atoms with van der Waals surface area (Å²) < 4.78 is 10.1. The first-order chi connectivity index (χ1) is 17.4. The van der Waals surface area contributed by atoms with Crippen molar-refractivity contribution in [2.24, 2.45) is 0 Å². The summed E-state index contributed by atoms with van der Waals surface area (Å²) in [5.41, 5.74) is -0.417. The third-order valence-corrected chi connectivity index (χ3v) is 4.64. The molecule has 4 aromatic rings. The van der Waals surface area contributed by atoms with Gasteiger partial charge < -0.3 is 29.3 Å². The van der Waals surface area contributed by atoms with E-state index >= 15 is 0 Å². The average molecular weight is 620 g/mol. The van der Waals surface area contributed by atoms with Crippen LogP contribution < -0.4 is 19.7 Å². The molecule has 0 atom stereocenters. The van der Waals surface area contributed by atoms with E-state index in [-0.39, 0.29) is 71.1 Å². The minimum absolute atomic E-state index is 0. The maximum Gasteiger partial charge on any atom is 2.00 e. The number of carboxylic acid groups (broad SMARTS) is 2. The van der Waals surface area contributed by atoms with Crippen molar-refractivity contribution in [3.8, 4) is 11.5 Å². The van der Waals surface area contributed by atoms with Gasteiger partial charge in [0.2, 0.25) is 0 Å². The predicted octanol–water partition coefficient (Wildman–Crippen LogP) is 2.16. The number of carbonyl (C=O) groups is 4. The Balaban J connectivity index is 0.000000253. The smallest absolute Gasteiger partial charge is 0.545 e. The van der Waals surface area contributed by atoms with E-state index in [0.717, 1.165) is 0 Å². The molecule has 0 radical (unpaired) electrons. The van der Waals surface area contributed by atoms with E-state index in [0.29, 0.717) is 11.5 Å². The van der Waals surface area contributed by atoms with Gasteiger partial charge in [-0.05, 0) is 36.4 Å². The van der Waals surface area contributed by atoms with Gasteiger partial charge in [0.1, 0.15) is 11.5 Å². The molecular weight excluding hydrogens is 602 g/mol. The molecule has 0 aromatic heterocycles. The van der Waals surface area contributed by atoms with Gasteiger partial charge in [0.05, 0.1) is 23.1 Å². The topological polar surface area (TPSA) is 133 Å². The van der Waals surface area contributed by atoms with E-state index < -0.39 is 23.9 Å². The summed E-state index contributed by atoms with van der Waals surface area (Å²) in [4.78, 5) is 45.4. The molecule has 8 nitrogen and oxygen atoms in total. The van der Waals surface area contributed by atoms with Crippen LogP contribution >= 0.6 is 0 Å². The Kier molecular flexibility index (Phi) is 11.8. The summed E-state index contributed by atoms with van der Waals surface area (Å²) in [5, 5.41) is 21.7.